The van der Waals surface area contributed by atoms with E-state index in [4.69, 9.17) is 4.74 Å². The molecular weight excluding hydrogens is 274 g/mol. The largest absolute Gasteiger partial charge is 0.497 e. The second-order valence-corrected chi connectivity index (χ2v) is 5.87. The predicted octanol–water partition coefficient (Wildman–Crippen LogP) is 2.92. The number of ether oxygens (including phenoxy) is 1. The smallest absolute Gasteiger partial charge is 0.119 e. The van der Waals surface area contributed by atoms with Crippen molar-refractivity contribution in [3.63, 3.8) is 0 Å². The minimum absolute atomic E-state index is 0. The Hall–Kier alpha value is -0.770. The maximum Gasteiger partial charge on any atom is 0.119 e. The van der Waals surface area contributed by atoms with Crippen LogP contribution in [0.2, 0.25) is 0 Å². The Morgan fingerprint density at radius 1 is 1.30 bits per heavy atom. The lowest BCUT2D eigenvalue weighted by Gasteiger charge is -2.36. The third kappa shape index (κ3) is 4.37. The second-order valence-electron chi connectivity index (χ2n) is 5.87. The lowest BCUT2D eigenvalue weighted by Crippen LogP contribution is -2.33. The fourth-order valence-corrected chi connectivity index (χ4v) is 3.22. The first-order valence-corrected chi connectivity index (χ1v) is 7.07. The van der Waals surface area contributed by atoms with Gasteiger partial charge < -0.3 is 14.7 Å². The van der Waals surface area contributed by atoms with Crippen molar-refractivity contribution in [2.24, 2.45) is 5.92 Å². The fraction of sp³-hybridized carbons (Fsp3) is 0.625. The minimum Gasteiger partial charge on any atom is -0.497 e. The van der Waals surface area contributed by atoms with Crippen molar-refractivity contribution < 1.29 is 9.84 Å². The summed E-state index contributed by atoms with van der Waals surface area (Å²) >= 11 is 0. The molecule has 1 aliphatic carbocycles. The average molecular weight is 300 g/mol. The topological polar surface area (TPSA) is 32.7 Å². The SMILES string of the molecule is COc1cccc(C2CCC(O)CC2CN(C)C)c1.Cl. The summed E-state index contributed by atoms with van der Waals surface area (Å²) in [4.78, 5) is 2.22. The van der Waals surface area contributed by atoms with Crippen molar-refractivity contribution in [3.8, 4) is 5.75 Å². The van der Waals surface area contributed by atoms with Gasteiger partial charge in [-0.1, -0.05) is 12.1 Å². The Balaban J connectivity index is 0.00000200. The first-order valence-electron chi connectivity index (χ1n) is 7.07. The number of methoxy groups -OCH3 is 1. The van der Waals surface area contributed by atoms with Gasteiger partial charge in [-0.2, -0.15) is 0 Å². The summed E-state index contributed by atoms with van der Waals surface area (Å²) < 4.78 is 5.32. The van der Waals surface area contributed by atoms with Gasteiger partial charge in [0.25, 0.3) is 0 Å². The number of hydrogen-bond acceptors (Lipinski definition) is 3. The van der Waals surface area contributed by atoms with E-state index in [1.807, 2.05) is 6.07 Å². The maximum atomic E-state index is 9.91. The first-order chi connectivity index (χ1) is 9.10. The van der Waals surface area contributed by atoms with Crippen molar-refractivity contribution in [1.82, 2.24) is 4.90 Å². The molecule has 0 bridgehead atoms. The summed E-state index contributed by atoms with van der Waals surface area (Å²) in [6.07, 6.45) is 2.74. The van der Waals surface area contributed by atoms with E-state index < -0.39 is 0 Å². The van der Waals surface area contributed by atoms with Gasteiger partial charge in [-0.15, -0.1) is 12.4 Å². The van der Waals surface area contributed by atoms with Gasteiger partial charge in [-0.3, -0.25) is 0 Å². The van der Waals surface area contributed by atoms with Crippen LogP contribution in [0.3, 0.4) is 0 Å². The molecule has 1 aromatic rings. The summed E-state index contributed by atoms with van der Waals surface area (Å²) in [5.41, 5.74) is 1.35. The highest BCUT2D eigenvalue weighted by Crippen LogP contribution is 2.39. The van der Waals surface area contributed by atoms with Crippen LogP contribution >= 0.6 is 12.4 Å². The van der Waals surface area contributed by atoms with E-state index in [-0.39, 0.29) is 18.5 Å². The van der Waals surface area contributed by atoms with Crippen LogP contribution in [0.25, 0.3) is 0 Å². The standard InChI is InChI=1S/C16H25NO2.ClH/c1-17(2)11-13-9-14(18)7-8-16(13)12-5-4-6-15(10-12)19-3;/h4-6,10,13-14,16,18H,7-9,11H2,1-3H3;1H. The van der Waals surface area contributed by atoms with Crippen LogP contribution in [0.15, 0.2) is 24.3 Å². The Labute approximate surface area is 128 Å². The first kappa shape index (κ1) is 17.3. The molecule has 0 heterocycles. The van der Waals surface area contributed by atoms with Gasteiger partial charge in [0.2, 0.25) is 0 Å². The molecule has 20 heavy (non-hydrogen) atoms. The summed E-state index contributed by atoms with van der Waals surface area (Å²) in [5, 5.41) is 9.91. The number of nitrogens with zero attached hydrogens (tertiary/aromatic N) is 1. The molecule has 1 fully saturated rings. The summed E-state index contributed by atoms with van der Waals surface area (Å²) in [5.74, 6) is 1.97. The van der Waals surface area contributed by atoms with Crippen LogP contribution in [-0.2, 0) is 0 Å². The van der Waals surface area contributed by atoms with E-state index in [2.05, 4.69) is 37.2 Å². The highest BCUT2D eigenvalue weighted by molar-refractivity contribution is 5.85. The number of aliphatic hydroxyl groups is 1. The fourth-order valence-electron chi connectivity index (χ4n) is 3.22. The normalized spacial score (nSPS) is 26.1. The molecule has 1 saturated carbocycles. The molecule has 1 N–H and O–H groups in total. The van der Waals surface area contributed by atoms with Crippen LogP contribution in [0.4, 0.5) is 0 Å². The van der Waals surface area contributed by atoms with Crippen molar-refractivity contribution in [2.75, 3.05) is 27.7 Å². The lowest BCUT2D eigenvalue weighted by atomic mass is 9.74. The van der Waals surface area contributed by atoms with E-state index in [0.717, 1.165) is 31.6 Å². The van der Waals surface area contributed by atoms with E-state index in [1.165, 1.54) is 5.56 Å². The molecule has 3 atom stereocenters. The van der Waals surface area contributed by atoms with Crippen molar-refractivity contribution in [3.05, 3.63) is 29.8 Å². The van der Waals surface area contributed by atoms with E-state index in [0.29, 0.717) is 11.8 Å². The third-order valence-corrected chi connectivity index (χ3v) is 4.08. The zero-order valence-electron chi connectivity index (χ0n) is 12.6. The molecule has 3 unspecified atom stereocenters. The molecule has 1 aromatic carbocycles. The van der Waals surface area contributed by atoms with Gasteiger partial charge in [0.1, 0.15) is 5.75 Å². The Morgan fingerprint density at radius 2 is 2.05 bits per heavy atom. The maximum absolute atomic E-state index is 9.91. The zero-order chi connectivity index (χ0) is 13.8. The van der Waals surface area contributed by atoms with Crippen molar-refractivity contribution in [1.29, 1.82) is 0 Å². The summed E-state index contributed by atoms with van der Waals surface area (Å²) in [7, 11) is 5.91. The van der Waals surface area contributed by atoms with Crippen LogP contribution in [-0.4, -0.2) is 43.9 Å². The molecule has 0 aliphatic heterocycles. The van der Waals surface area contributed by atoms with Crippen LogP contribution in [0.5, 0.6) is 5.75 Å². The summed E-state index contributed by atoms with van der Waals surface area (Å²) in [6.45, 7) is 1.03. The molecule has 0 radical (unpaired) electrons. The molecule has 0 aromatic heterocycles. The molecule has 0 spiro atoms. The van der Waals surface area contributed by atoms with Gasteiger partial charge >= 0.3 is 0 Å². The second kappa shape index (κ2) is 7.87. The minimum atomic E-state index is -0.133. The number of halogens is 1. The van der Waals surface area contributed by atoms with Gasteiger partial charge in [0, 0.05) is 6.54 Å². The summed E-state index contributed by atoms with van der Waals surface area (Å²) in [6, 6.07) is 8.38. The average Bonchev–Trinajstić information content (AvgIpc) is 2.38. The number of aliphatic hydroxyl groups excluding tert-OH is 1. The Morgan fingerprint density at radius 3 is 2.70 bits per heavy atom. The number of hydrogen-bond donors (Lipinski definition) is 1. The Kier molecular flexibility index (Phi) is 6.80. The van der Waals surface area contributed by atoms with E-state index >= 15 is 0 Å². The van der Waals surface area contributed by atoms with Crippen LogP contribution in [0.1, 0.15) is 30.7 Å². The number of rotatable bonds is 4. The van der Waals surface area contributed by atoms with E-state index in [1.54, 1.807) is 7.11 Å². The molecule has 3 nitrogen and oxygen atoms in total. The quantitative estimate of drug-likeness (QED) is 0.928. The Bertz CT molecular complexity index is 409. The predicted molar refractivity (Wildman–Crippen MR) is 84.9 cm³/mol. The molecule has 2 rings (SSSR count). The lowest BCUT2D eigenvalue weighted by molar-refractivity contribution is 0.0787. The highest BCUT2D eigenvalue weighted by Gasteiger charge is 2.31. The molecule has 1 aliphatic rings. The monoisotopic (exact) mass is 299 g/mol. The van der Waals surface area contributed by atoms with Gasteiger partial charge in [-0.05, 0) is 62.9 Å². The van der Waals surface area contributed by atoms with Crippen molar-refractivity contribution in [2.45, 2.75) is 31.3 Å². The van der Waals surface area contributed by atoms with Gasteiger partial charge in [-0.25, -0.2) is 0 Å². The van der Waals surface area contributed by atoms with E-state index in [9.17, 15) is 5.11 Å². The molecule has 0 saturated heterocycles. The molecule has 4 heteroatoms. The number of benzene rings is 1. The van der Waals surface area contributed by atoms with Crippen LogP contribution in [0, 0.1) is 5.92 Å². The highest BCUT2D eigenvalue weighted by atomic mass is 35.5. The van der Waals surface area contributed by atoms with Crippen molar-refractivity contribution >= 4 is 12.4 Å². The zero-order valence-corrected chi connectivity index (χ0v) is 13.4. The van der Waals surface area contributed by atoms with Crippen LogP contribution < -0.4 is 4.74 Å². The third-order valence-electron chi connectivity index (χ3n) is 4.08. The molecule has 114 valence electrons. The van der Waals surface area contributed by atoms with Gasteiger partial charge in [0.15, 0.2) is 0 Å². The van der Waals surface area contributed by atoms with Gasteiger partial charge in [0.05, 0.1) is 13.2 Å². The molecular formula is C16H26ClNO2. The molecule has 0 amide bonds.